The highest BCUT2D eigenvalue weighted by Gasteiger charge is 2.44. The molecule has 1 heterocycles. The lowest BCUT2D eigenvalue weighted by atomic mass is 9.99. The van der Waals surface area contributed by atoms with E-state index < -0.39 is 55.4 Å². The molecule has 0 aromatic heterocycles. The number of hydrogen-bond acceptors (Lipinski definition) is 10. The van der Waals surface area contributed by atoms with E-state index in [0.29, 0.717) is 12.8 Å². The minimum atomic E-state index is -1.59. The van der Waals surface area contributed by atoms with Gasteiger partial charge in [0, 0.05) is 12.8 Å². The molecular weight excluding hydrogens is 616 g/mol. The van der Waals surface area contributed by atoms with E-state index in [1.54, 1.807) is 0 Å². The zero-order valence-corrected chi connectivity index (χ0v) is 30.0. The molecule has 10 heteroatoms. The summed E-state index contributed by atoms with van der Waals surface area (Å²) in [6.45, 7) is 3.31. The van der Waals surface area contributed by atoms with Crippen molar-refractivity contribution in [2.24, 2.45) is 0 Å². The third-order valence-corrected chi connectivity index (χ3v) is 8.56. The van der Waals surface area contributed by atoms with Crippen LogP contribution in [0.4, 0.5) is 0 Å². The third-order valence-electron chi connectivity index (χ3n) is 8.56. The summed E-state index contributed by atoms with van der Waals surface area (Å²) in [6.07, 6.45) is 21.9. The highest BCUT2D eigenvalue weighted by Crippen LogP contribution is 2.22. The first-order chi connectivity index (χ1) is 23.3. The van der Waals surface area contributed by atoms with Crippen molar-refractivity contribution in [3.05, 3.63) is 24.3 Å². The Labute approximate surface area is 290 Å². The Hall–Kier alpha value is -1.82. The molecule has 6 unspecified atom stereocenters. The van der Waals surface area contributed by atoms with Crippen molar-refractivity contribution in [2.45, 2.75) is 185 Å². The van der Waals surface area contributed by atoms with Gasteiger partial charge in [-0.3, -0.25) is 9.59 Å². The molecule has 0 aromatic carbocycles. The zero-order valence-electron chi connectivity index (χ0n) is 30.0. The van der Waals surface area contributed by atoms with Crippen LogP contribution in [0, 0.1) is 0 Å². The molecule has 48 heavy (non-hydrogen) atoms. The Kier molecular flexibility index (Phi) is 27.7. The minimum Gasteiger partial charge on any atom is -0.462 e. The molecule has 280 valence electrons. The van der Waals surface area contributed by atoms with Crippen molar-refractivity contribution in [1.29, 1.82) is 0 Å². The quantitative estimate of drug-likeness (QED) is 0.0370. The molecule has 1 aliphatic rings. The van der Waals surface area contributed by atoms with E-state index in [0.717, 1.165) is 77.0 Å². The maximum absolute atomic E-state index is 12.7. The third kappa shape index (κ3) is 22.0. The number of rotatable bonds is 30. The van der Waals surface area contributed by atoms with Gasteiger partial charge in [-0.05, 0) is 57.8 Å². The van der Waals surface area contributed by atoms with Gasteiger partial charge >= 0.3 is 11.9 Å². The Bertz CT molecular complexity index is 845. The topological polar surface area (TPSA) is 152 Å². The van der Waals surface area contributed by atoms with E-state index in [1.165, 1.54) is 32.1 Å². The lowest BCUT2D eigenvalue weighted by Gasteiger charge is -2.39. The second-order valence-corrected chi connectivity index (χ2v) is 13.0. The normalized spacial score (nSPS) is 22.0. The molecule has 0 aromatic rings. The predicted molar refractivity (Wildman–Crippen MR) is 187 cm³/mol. The molecule has 0 amide bonds. The lowest BCUT2D eigenvalue weighted by Crippen LogP contribution is -2.59. The van der Waals surface area contributed by atoms with Crippen molar-refractivity contribution in [3.63, 3.8) is 0 Å². The van der Waals surface area contributed by atoms with Crippen LogP contribution in [0.5, 0.6) is 0 Å². The van der Waals surface area contributed by atoms with Gasteiger partial charge < -0.3 is 39.4 Å². The number of carbonyl (C=O) groups excluding carboxylic acids is 2. The van der Waals surface area contributed by atoms with E-state index >= 15 is 0 Å². The minimum absolute atomic E-state index is 0.219. The first kappa shape index (κ1) is 44.2. The van der Waals surface area contributed by atoms with Crippen LogP contribution in [0.1, 0.15) is 149 Å². The summed E-state index contributed by atoms with van der Waals surface area (Å²) in [4.78, 5) is 25.1. The maximum Gasteiger partial charge on any atom is 0.306 e. The predicted octanol–water partition coefficient (Wildman–Crippen LogP) is 6.60. The van der Waals surface area contributed by atoms with Crippen molar-refractivity contribution in [2.75, 3.05) is 19.8 Å². The standard InChI is InChI=1S/C38H68O10/c1-3-5-7-9-11-13-15-17-19-21-23-25-27-34(41)47-31(30-46-38-37(44)36(43)35(42)32(28-39)48-38)29-45-33(40)26-24-22-20-18-16-14-12-10-8-6-4-2/h10-13,31-32,35-39,42-44H,3-9,14-30H2,1-2H3/b12-10-,13-11-. The highest BCUT2D eigenvalue weighted by atomic mass is 16.7. The maximum atomic E-state index is 12.7. The van der Waals surface area contributed by atoms with Crippen LogP contribution in [-0.2, 0) is 28.5 Å². The van der Waals surface area contributed by atoms with Crippen LogP contribution >= 0.6 is 0 Å². The number of allylic oxidation sites excluding steroid dienone is 4. The molecule has 0 radical (unpaired) electrons. The van der Waals surface area contributed by atoms with Gasteiger partial charge in [0.1, 0.15) is 31.0 Å². The summed E-state index contributed by atoms with van der Waals surface area (Å²) in [7, 11) is 0. The van der Waals surface area contributed by atoms with Crippen molar-refractivity contribution in [1.82, 2.24) is 0 Å². The van der Waals surface area contributed by atoms with Crippen LogP contribution in [0.2, 0.25) is 0 Å². The van der Waals surface area contributed by atoms with Crippen LogP contribution in [0.15, 0.2) is 24.3 Å². The fraction of sp³-hybridized carbons (Fsp3) is 0.842. The number of ether oxygens (including phenoxy) is 4. The highest BCUT2D eigenvalue weighted by molar-refractivity contribution is 5.70. The molecule has 1 saturated heterocycles. The smallest absolute Gasteiger partial charge is 0.306 e. The van der Waals surface area contributed by atoms with E-state index in [-0.39, 0.29) is 26.1 Å². The van der Waals surface area contributed by atoms with Gasteiger partial charge in [0.25, 0.3) is 0 Å². The van der Waals surface area contributed by atoms with Gasteiger partial charge in [0.2, 0.25) is 0 Å². The Balaban J connectivity index is 2.43. The number of carbonyl (C=O) groups is 2. The zero-order chi connectivity index (χ0) is 35.2. The van der Waals surface area contributed by atoms with E-state index in [2.05, 4.69) is 38.2 Å². The average molecular weight is 685 g/mol. The van der Waals surface area contributed by atoms with Gasteiger partial charge in [-0.2, -0.15) is 0 Å². The van der Waals surface area contributed by atoms with Gasteiger partial charge in [0.15, 0.2) is 12.4 Å². The molecule has 1 aliphatic heterocycles. The molecule has 0 aliphatic carbocycles. The second-order valence-electron chi connectivity index (χ2n) is 13.0. The molecular formula is C38H68O10. The largest absolute Gasteiger partial charge is 0.462 e. The van der Waals surface area contributed by atoms with E-state index in [4.69, 9.17) is 18.9 Å². The summed E-state index contributed by atoms with van der Waals surface area (Å²) in [6, 6.07) is 0. The van der Waals surface area contributed by atoms with Crippen LogP contribution < -0.4 is 0 Å². The van der Waals surface area contributed by atoms with Gasteiger partial charge in [-0.25, -0.2) is 0 Å². The van der Waals surface area contributed by atoms with Gasteiger partial charge in [-0.1, -0.05) is 102 Å². The fourth-order valence-corrected chi connectivity index (χ4v) is 5.46. The Morgan fingerprint density at radius 1 is 0.625 bits per heavy atom. The van der Waals surface area contributed by atoms with Gasteiger partial charge in [-0.15, -0.1) is 0 Å². The van der Waals surface area contributed by atoms with Gasteiger partial charge in [0.05, 0.1) is 13.2 Å². The number of aliphatic hydroxyl groups excluding tert-OH is 4. The lowest BCUT2D eigenvalue weighted by molar-refractivity contribution is -0.305. The van der Waals surface area contributed by atoms with Crippen molar-refractivity contribution >= 4 is 11.9 Å². The Morgan fingerprint density at radius 3 is 1.69 bits per heavy atom. The van der Waals surface area contributed by atoms with E-state index in [9.17, 15) is 30.0 Å². The summed E-state index contributed by atoms with van der Waals surface area (Å²) >= 11 is 0. The number of unbranched alkanes of at least 4 members (excludes halogenated alkanes) is 15. The molecule has 4 N–H and O–H groups in total. The monoisotopic (exact) mass is 684 g/mol. The molecule has 0 saturated carbocycles. The summed E-state index contributed by atoms with van der Waals surface area (Å²) in [5.41, 5.74) is 0. The first-order valence-electron chi connectivity index (χ1n) is 18.9. The van der Waals surface area contributed by atoms with E-state index in [1.807, 2.05) is 0 Å². The number of esters is 2. The molecule has 1 fully saturated rings. The molecule has 0 bridgehead atoms. The van der Waals surface area contributed by atoms with Crippen molar-refractivity contribution in [3.8, 4) is 0 Å². The number of hydrogen-bond donors (Lipinski definition) is 4. The summed E-state index contributed by atoms with van der Waals surface area (Å²) in [5, 5.41) is 39.8. The summed E-state index contributed by atoms with van der Waals surface area (Å²) < 4.78 is 22.0. The van der Waals surface area contributed by atoms with Crippen LogP contribution in [0.3, 0.4) is 0 Å². The summed E-state index contributed by atoms with van der Waals surface area (Å²) in [5.74, 6) is -0.831. The van der Waals surface area contributed by atoms with Crippen molar-refractivity contribution < 1.29 is 49.0 Å². The molecule has 10 nitrogen and oxygen atoms in total. The molecule has 0 spiro atoms. The van der Waals surface area contributed by atoms with Crippen LogP contribution in [0.25, 0.3) is 0 Å². The average Bonchev–Trinajstić information content (AvgIpc) is 3.08. The first-order valence-corrected chi connectivity index (χ1v) is 18.9. The molecule has 6 atom stereocenters. The molecule has 1 rings (SSSR count). The Morgan fingerprint density at radius 2 is 1.12 bits per heavy atom. The van der Waals surface area contributed by atoms with Crippen LogP contribution in [-0.4, -0.2) is 89.0 Å². The second kappa shape index (κ2) is 30.0. The fourth-order valence-electron chi connectivity index (χ4n) is 5.46. The SMILES string of the molecule is CCCC/C=C\CCCCCCCC(=O)OCC(COC1OC(CO)C(O)C(O)C1O)OC(=O)CCCCCCC/C=C\CCCCC. The number of aliphatic hydroxyl groups is 4.